The summed E-state index contributed by atoms with van der Waals surface area (Å²) < 4.78 is 28.8. The van der Waals surface area contributed by atoms with Crippen LogP contribution in [0.4, 0.5) is 11.4 Å². The molecule has 0 saturated heterocycles. The molecule has 0 fully saturated rings. The molecule has 5 aromatic rings. The number of carbonyl (C=O) groups excluding carboxylic acids is 1. The van der Waals surface area contributed by atoms with E-state index in [1.807, 2.05) is 55.5 Å². The number of anilines is 2. The summed E-state index contributed by atoms with van der Waals surface area (Å²) in [6.07, 6.45) is 0. The fourth-order valence-corrected chi connectivity index (χ4v) is 5.55. The molecule has 0 atom stereocenters. The van der Waals surface area contributed by atoms with Crippen LogP contribution < -0.4 is 10.0 Å². The van der Waals surface area contributed by atoms with Crippen LogP contribution in [0, 0.1) is 6.92 Å². The summed E-state index contributed by atoms with van der Waals surface area (Å²) in [5.41, 5.74) is 4.37. The summed E-state index contributed by atoms with van der Waals surface area (Å²) in [6, 6.07) is 28.4. The smallest absolute Gasteiger partial charge is 0.261 e. The molecule has 6 nitrogen and oxygen atoms in total. The minimum absolute atomic E-state index is 0.180. The first-order chi connectivity index (χ1) is 16.9. The van der Waals surface area contributed by atoms with E-state index in [0.717, 1.165) is 26.4 Å². The van der Waals surface area contributed by atoms with Crippen LogP contribution in [0.1, 0.15) is 15.9 Å². The van der Waals surface area contributed by atoms with Gasteiger partial charge in [-0.25, -0.2) is 13.4 Å². The molecular weight excluding hydrogens is 478 g/mol. The molecule has 0 bridgehead atoms. The number of nitrogens with one attached hydrogen (secondary N) is 2. The molecule has 0 unspecified atom stereocenters. The maximum Gasteiger partial charge on any atom is 0.261 e. The number of para-hydroxylation sites is 1. The Hall–Kier alpha value is -4.01. The molecule has 0 aliphatic heterocycles. The Morgan fingerprint density at radius 1 is 0.800 bits per heavy atom. The van der Waals surface area contributed by atoms with Gasteiger partial charge in [-0.1, -0.05) is 29.8 Å². The number of hydrogen-bond donors (Lipinski definition) is 2. The number of fused-ring (bicyclic) bond motifs is 1. The standard InChI is InChI=1S/C27H21N3O3S2/c1-18-6-16-23(17-7-18)35(32,33)30-22-14-8-19(9-15-22)26(31)28-21-12-10-20(11-13-21)27-29-24-4-2-3-5-25(24)34-27/h2-17,30H,1H3,(H,28,31). The zero-order valence-corrected chi connectivity index (χ0v) is 20.4. The number of carbonyl (C=O) groups is 1. The van der Waals surface area contributed by atoms with Crippen molar-refractivity contribution in [2.45, 2.75) is 11.8 Å². The van der Waals surface area contributed by atoms with Crippen LogP contribution in [0.3, 0.4) is 0 Å². The predicted octanol–water partition coefficient (Wildman–Crippen LogP) is 6.32. The van der Waals surface area contributed by atoms with Gasteiger partial charge < -0.3 is 5.32 Å². The second kappa shape index (κ2) is 9.32. The summed E-state index contributed by atoms with van der Waals surface area (Å²) in [6.45, 7) is 1.89. The lowest BCUT2D eigenvalue weighted by molar-refractivity contribution is 0.102. The van der Waals surface area contributed by atoms with Gasteiger partial charge in [0.25, 0.3) is 15.9 Å². The molecule has 35 heavy (non-hydrogen) atoms. The fourth-order valence-electron chi connectivity index (χ4n) is 3.52. The van der Waals surface area contributed by atoms with Gasteiger partial charge in [0.1, 0.15) is 5.01 Å². The lowest BCUT2D eigenvalue weighted by Gasteiger charge is -2.10. The van der Waals surface area contributed by atoms with Gasteiger partial charge in [0, 0.05) is 22.5 Å². The fraction of sp³-hybridized carbons (Fsp3) is 0.0370. The molecule has 1 amide bonds. The lowest BCUT2D eigenvalue weighted by atomic mass is 10.1. The van der Waals surface area contributed by atoms with Crippen molar-refractivity contribution >= 4 is 48.9 Å². The topological polar surface area (TPSA) is 88.2 Å². The van der Waals surface area contributed by atoms with Crippen LogP contribution in [0.5, 0.6) is 0 Å². The summed E-state index contributed by atoms with van der Waals surface area (Å²) >= 11 is 1.62. The molecule has 1 aromatic heterocycles. The highest BCUT2D eigenvalue weighted by Crippen LogP contribution is 2.30. The van der Waals surface area contributed by atoms with Crippen molar-refractivity contribution in [2.24, 2.45) is 0 Å². The van der Waals surface area contributed by atoms with E-state index in [1.165, 1.54) is 0 Å². The molecule has 8 heteroatoms. The van der Waals surface area contributed by atoms with Crippen molar-refractivity contribution in [2.75, 3.05) is 10.0 Å². The monoisotopic (exact) mass is 499 g/mol. The Labute approximate surface area is 207 Å². The summed E-state index contributed by atoms with van der Waals surface area (Å²) in [4.78, 5) is 17.5. The van der Waals surface area contributed by atoms with Gasteiger partial charge in [-0.05, 0) is 79.7 Å². The third-order valence-corrected chi connectivity index (χ3v) is 7.90. The van der Waals surface area contributed by atoms with E-state index in [1.54, 1.807) is 59.9 Å². The van der Waals surface area contributed by atoms with Crippen LogP contribution in [-0.4, -0.2) is 19.3 Å². The van der Waals surface area contributed by atoms with Gasteiger partial charge in [0.2, 0.25) is 0 Å². The summed E-state index contributed by atoms with van der Waals surface area (Å²) in [7, 11) is -3.70. The number of sulfonamides is 1. The number of nitrogens with zero attached hydrogens (tertiary/aromatic N) is 1. The van der Waals surface area contributed by atoms with E-state index in [0.29, 0.717) is 16.9 Å². The first-order valence-electron chi connectivity index (χ1n) is 10.8. The third kappa shape index (κ3) is 5.08. The van der Waals surface area contributed by atoms with Gasteiger partial charge >= 0.3 is 0 Å². The molecule has 0 saturated carbocycles. The van der Waals surface area contributed by atoms with E-state index in [4.69, 9.17) is 0 Å². The Morgan fingerprint density at radius 2 is 1.46 bits per heavy atom. The number of aromatic nitrogens is 1. The van der Waals surface area contributed by atoms with Crippen molar-refractivity contribution in [3.8, 4) is 10.6 Å². The largest absolute Gasteiger partial charge is 0.322 e. The SMILES string of the molecule is Cc1ccc(S(=O)(=O)Nc2ccc(C(=O)Nc3ccc(-c4nc5ccccc5s4)cc3)cc2)cc1. The zero-order chi connectivity index (χ0) is 24.4. The van der Waals surface area contributed by atoms with Crippen LogP contribution >= 0.6 is 11.3 Å². The number of rotatable bonds is 6. The summed E-state index contributed by atoms with van der Waals surface area (Å²) in [5, 5.41) is 3.79. The second-order valence-corrected chi connectivity index (χ2v) is 10.7. The average molecular weight is 500 g/mol. The quantitative estimate of drug-likeness (QED) is 0.286. The molecule has 4 aromatic carbocycles. The zero-order valence-electron chi connectivity index (χ0n) is 18.7. The normalized spacial score (nSPS) is 11.3. The average Bonchev–Trinajstić information content (AvgIpc) is 3.29. The number of thiazole rings is 1. The molecule has 0 spiro atoms. The van der Waals surface area contributed by atoms with Gasteiger partial charge in [0.05, 0.1) is 15.1 Å². The van der Waals surface area contributed by atoms with E-state index < -0.39 is 10.0 Å². The minimum atomic E-state index is -3.70. The van der Waals surface area contributed by atoms with Crippen LogP contribution in [-0.2, 0) is 10.0 Å². The van der Waals surface area contributed by atoms with Crippen molar-refractivity contribution in [3.05, 3.63) is 108 Å². The predicted molar refractivity (Wildman–Crippen MR) is 141 cm³/mol. The second-order valence-electron chi connectivity index (χ2n) is 8.01. The molecule has 0 radical (unpaired) electrons. The lowest BCUT2D eigenvalue weighted by Crippen LogP contribution is -2.14. The van der Waals surface area contributed by atoms with Crippen LogP contribution in [0.15, 0.2) is 102 Å². The minimum Gasteiger partial charge on any atom is -0.322 e. The number of benzene rings is 4. The molecule has 174 valence electrons. The van der Waals surface area contributed by atoms with Crippen LogP contribution in [0.2, 0.25) is 0 Å². The Kier molecular flexibility index (Phi) is 6.07. The first-order valence-corrected chi connectivity index (χ1v) is 13.1. The van der Waals surface area contributed by atoms with Crippen molar-refractivity contribution < 1.29 is 13.2 Å². The Balaban J connectivity index is 1.25. The van der Waals surface area contributed by atoms with Gasteiger partial charge in [-0.3, -0.25) is 9.52 Å². The molecular formula is C27H21N3O3S2. The highest BCUT2D eigenvalue weighted by atomic mass is 32.2. The van der Waals surface area contributed by atoms with Crippen molar-refractivity contribution in [1.29, 1.82) is 0 Å². The van der Waals surface area contributed by atoms with E-state index in [-0.39, 0.29) is 10.8 Å². The van der Waals surface area contributed by atoms with Gasteiger partial charge in [-0.2, -0.15) is 0 Å². The number of amides is 1. The third-order valence-electron chi connectivity index (χ3n) is 5.41. The highest BCUT2D eigenvalue weighted by molar-refractivity contribution is 7.92. The maximum absolute atomic E-state index is 12.7. The number of aryl methyl sites for hydroxylation is 1. The molecule has 1 heterocycles. The van der Waals surface area contributed by atoms with Crippen LogP contribution in [0.25, 0.3) is 20.8 Å². The maximum atomic E-state index is 12.7. The van der Waals surface area contributed by atoms with Gasteiger partial charge in [0.15, 0.2) is 0 Å². The van der Waals surface area contributed by atoms with Crippen molar-refractivity contribution in [3.63, 3.8) is 0 Å². The van der Waals surface area contributed by atoms with E-state index in [9.17, 15) is 13.2 Å². The molecule has 0 aliphatic carbocycles. The molecule has 2 N–H and O–H groups in total. The number of hydrogen-bond acceptors (Lipinski definition) is 5. The Bertz CT molecular complexity index is 1570. The Morgan fingerprint density at radius 3 is 2.14 bits per heavy atom. The molecule has 5 rings (SSSR count). The van der Waals surface area contributed by atoms with Gasteiger partial charge in [-0.15, -0.1) is 11.3 Å². The summed E-state index contributed by atoms with van der Waals surface area (Å²) in [5.74, 6) is -0.286. The van der Waals surface area contributed by atoms with E-state index >= 15 is 0 Å². The van der Waals surface area contributed by atoms with Crippen molar-refractivity contribution in [1.82, 2.24) is 4.98 Å². The highest BCUT2D eigenvalue weighted by Gasteiger charge is 2.14. The first kappa shape index (κ1) is 22.8. The van der Waals surface area contributed by atoms with E-state index in [2.05, 4.69) is 15.0 Å². The molecule has 0 aliphatic rings.